The van der Waals surface area contributed by atoms with Crippen LogP contribution in [-0.4, -0.2) is 18.5 Å². The summed E-state index contributed by atoms with van der Waals surface area (Å²) in [6, 6.07) is 8.08. The molecule has 2 N–H and O–H groups in total. The zero-order chi connectivity index (χ0) is 10.8. The molecule has 0 aliphatic carbocycles. The Morgan fingerprint density at radius 3 is 2.87 bits per heavy atom. The van der Waals surface area contributed by atoms with Crippen LogP contribution in [-0.2, 0) is 4.79 Å². The van der Waals surface area contributed by atoms with E-state index in [0.717, 1.165) is 12.1 Å². The number of carbonyl (C=O) groups excluding carboxylic acids is 1. The van der Waals surface area contributed by atoms with Crippen LogP contribution in [0.15, 0.2) is 24.3 Å². The molecule has 0 radical (unpaired) electrons. The molecule has 3 nitrogen and oxygen atoms in total. The van der Waals surface area contributed by atoms with Crippen molar-refractivity contribution in [1.29, 1.82) is 0 Å². The maximum atomic E-state index is 11.7. The Kier molecular flexibility index (Phi) is 2.73. The third-order valence-electron chi connectivity index (χ3n) is 2.65. The molecule has 0 spiro atoms. The Morgan fingerprint density at radius 1 is 1.40 bits per heavy atom. The molecule has 1 saturated heterocycles. The fourth-order valence-electron chi connectivity index (χ4n) is 1.88. The monoisotopic (exact) mass is 204 g/mol. The Bertz CT molecular complexity index is 376. The smallest absolute Gasteiger partial charge is 0.241 e. The van der Waals surface area contributed by atoms with Gasteiger partial charge in [0.05, 0.1) is 0 Å². The van der Waals surface area contributed by atoms with E-state index in [1.54, 1.807) is 0 Å². The molecule has 3 heteroatoms. The molecular weight excluding hydrogens is 188 g/mol. The molecule has 2 rings (SSSR count). The summed E-state index contributed by atoms with van der Waals surface area (Å²) in [5.41, 5.74) is 2.22. The zero-order valence-corrected chi connectivity index (χ0v) is 9.08. The summed E-state index contributed by atoms with van der Waals surface area (Å²) in [4.78, 5) is 11.7. The molecule has 1 aliphatic rings. The number of benzene rings is 1. The molecule has 1 fully saturated rings. The lowest BCUT2D eigenvalue weighted by Crippen LogP contribution is -2.52. The Balaban J connectivity index is 2.20. The van der Waals surface area contributed by atoms with Gasteiger partial charge < -0.3 is 10.6 Å². The highest BCUT2D eigenvalue weighted by Crippen LogP contribution is 2.16. The van der Waals surface area contributed by atoms with Gasteiger partial charge in [-0.05, 0) is 19.4 Å². The number of nitrogens with one attached hydrogen (secondary N) is 2. The van der Waals surface area contributed by atoms with Crippen LogP contribution in [0.1, 0.15) is 24.1 Å². The van der Waals surface area contributed by atoms with Gasteiger partial charge in [0.1, 0.15) is 6.04 Å². The van der Waals surface area contributed by atoms with Crippen LogP contribution in [0.4, 0.5) is 0 Å². The minimum absolute atomic E-state index is 0.0688. The first-order chi connectivity index (χ1) is 7.16. The van der Waals surface area contributed by atoms with Crippen LogP contribution in [0, 0.1) is 6.92 Å². The second-order valence-corrected chi connectivity index (χ2v) is 4.17. The molecule has 1 aromatic rings. The summed E-state index contributed by atoms with van der Waals surface area (Å²) in [5.74, 6) is 0.0688. The molecule has 0 bridgehead atoms. The minimum Gasteiger partial charge on any atom is -0.351 e. The van der Waals surface area contributed by atoms with Crippen molar-refractivity contribution in [3.63, 3.8) is 0 Å². The van der Waals surface area contributed by atoms with Gasteiger partial charge in [-0.25, -0.2) is 0 Å². The van der Waals surface area contributed by atoms with Crippen LogP contribution in [0.5, 0.6) is 0 Å². The predicted octanol–water partition coefficient (Wildman–Crippen LogP) is 1.14. The van der Waals surface area contributed by atoms with Crippen molar-refractivity contribution in [3.8, 4) is 0 Å². The highest BCUT2D eigenvalue weighted by Gasteiger charge is 2.26. The van der Waals surface area contributed by atoms with Crippen molar-refractivity contribution >= 4 is 5.91 Å². The van der Waals surface area contributed by atoms with Crippen LogP contribution in [0.3, 0.4) is 0 Å². The van der Waals surface area contributed by atoms with Crippen molar-refractivity contribution in [2.75, 3.05) is 6.54 Å². The van der Waals surface area contributed by atoms with Crippen molar-refractivity contribution < 1.29 is 4.79 Å². The van der Waals surface area contributed by atoms with Gasteiger partial charge in [0.25, 0.3) is 0 Å². The SMILES string of the molecule is Cc1cccc([C@H]2NC[C@H](C)NC2=O)c1. The lowest BCUT2D eigenvalue weighted by molar-refractivity contribution is -0.125. The Hall–Kier alpha value is -1.35. The third kappa shape index (κ3) is 2.18. The molecule has 1 heterocycles. The highest BCUT2D eigenvalue weighted by atomic mass is 16.2. The number of carbonyl (C=O) groups is 1. The van der Waals surface area contributed by atoms with Crippen LogP contribution < -0.4 is 10.6 Å². The number of rotatable bonds is 1. The van der Waals surface area contributed by atoms with Gasteiger partial charge in [0.2, 0.25) is 5.91 Å². The maximum Gasteiger partial charge on any atom is 0.241 e. The summed E-state index contributed by atoms with van der Waals surface area (Å²) < 4.78 is 0. The van der Waals surface area contributed by atoms with E-state index in [0.29, 0.717) is 0 Å². The lowest BCUT2D eigenvalue weighted by Gasteiger charge is -2.28. The first kappa shape index (κ1) is 10.2. The van der Waals surface area contributed by atoms with Crippen molar-refractivity contribution in [2.45, 2.75) is 25.9 Å². The van der Waals surface area contributed by atoms with E-state index < -0.39 is 0 Å². The summed E-state index contributed by atoms with van der Waals surface area (Å²) in [6.45, 7) is 4.86. The first-order valence-electron chi connectivity index (χ1n) is 5.27. The number of piperazine rings is 1. The molecule has 1 aromatic carbocycles. The van der Waals surface area contributed by atoms with Gasteiger partial charge >= 0.3 is 0 Å². The quantitative estimate of drug-likeness (QED) is 0.720. The molecule has 1 aliphatic heterocycles. The second-order valence-electron chi connectivity index (χ2n) is 4.17. The van der Waals surface area contributed by atoms with Gasteiger partial charge in [-0.1, -0.05) is 29.8 Å². The van der Waals surface area contributed by atoms with Crippen LogP contribution >= 0.6 is 0 Å². The molecule has 0 saturated carbocycles. The lowest BCUT2D eigenvalue weighted by atomic mass is 10.0. The normalized spacial score (nSPS) is 26.1. The van der Waals surface area contributed by atoms with Gasteiger partial charge in [-0.2, -0.15) is 0 Å². The summed E-state index contributed by atoms with van der Waals surface area (Å²) in [6.07, 6.45) is 0. The molecule has 80 valence electrons. The van der Waals surface area contributed by atoms with E-state index in [9.17, 15) is 4.79 Å². The Morgan fingerprint density at radius 2 is 2.20 bits per heavy atom. The van der Waals surface area contributed by atoms with Crippen molar-refractivity contribution in [3.05, 3.63) is 35.4 Å². The standard InChI is InChI=1S/C12H16N2O/c1-8-4-3-5-10(6-8)11-12(15)14-9(2)7-13-11/h3-6,9,11,13H,7H2,1-2H3,(H,14,15)/t9-,11+/m0/s1. The second kappa shape index (κ2) is 4.03. The van der Waals surface area contributed by atoms with Gasteiger partial charge in [0.15, 0.2) is 0 Å². The van der Waals surface area contributed by atoms with Crippen molar-refractivity contribution in [1.82, 2.24) is 10.6 Å². The van der Waals surface area contributed by atoms with E-state index in [4.69, 9.17) is 0 Å². The molecule has 2 atom stereocenters. The third-order valence-corrected chi connectivity index (χ3v) is 2.65. The van der Waals surface area contributed by atoms with E-state index in [1.165, 1.54) is 5.56 Å². The average molecular weight is 204 g/mol. The summed E-state index contributed by atoms with van der Waals surface area (Å²) >= 11 is 0. The fourth-order valence-corrected chi connectivity index (χ4v) is 1.88. The van der Waals surface area contributed by atoms with Gasteiger partial charge in [0, 0.05) is 12.6 Å². The number of amides is 1. The van der Waals surface area contributed by atoms with Gasteiger partial charge in [-0.15, -0.1) is 0 Å². The van der Waals surface area contributed by atoms with E-state index >= 15 is 0 Å². The molecule has 0 aromatic heterocycles. The van der Waals surface area contributed by atoms with Gasteiger partial charge in [-0.3, -0.25) is 4.79 Å². The number of hydrogen-bond donors (Lipinski definition) is 2. The van der Waals surface area contributed by atoms with E-state index in [2.05, 4.69) is 10.6 Å². The average Bonchev–Trinajstić information content (AvgIpc) is 2.17. The topological polar surface area (TPSA) is 41.1 Å². The van der Waals surface area contributed by atoms with Crippen molar-refractivity contribution in [2.24, 2.45) is 0 Å². The predicted molar refractivity (Wildman–Crippen MR) is 59.5 cm³/mol. The summed E-state index contributed by atoms with van der Waals surface area (Å²) in [7, 11) is 0. The highest BCUT2D eigenvalue weighted by molar-refractivity contribution is 5.84. The Labute approximate surface area is 89.9 Å². The maximum absolute atomic E-state index is 11.7. The summed E-state index contributed by atoms with van der Waals surface area (Å²) in [5, 5.41) is 6.20. The number of hydrogen-bond acceptors (Lipinski definition) is 2. The number of aryl methyl sites for hydroxylation is 1. The zero-order valence-electron chi connectivity index (χ0n) is 9.08. The van der Waals surface area contributed by atoms with Crippen LogP contribution in [0.2, 0.25) is 0 Å². The minimum atomic E-state index is -0.193. The largest absolute Gasteiger partial charge is 0.351 e. The molecule has 1 amide bonds. The molecule has 0 unspecified atom stereocenters. The fraction of sp³-hybridized carbons (Fsp3) is 0.417. The molecule has 15 heavy (non-hydrogen) atoms. The first-order valence-corrected chi connectivity index (χ1v) is 5.27. The van der Waals surface area contributed by atoms with Crippen LogP contribution in [0.25, 0.3) is 0 Å². The van der Waals surface area contributed by atoms with E-state index in [1.807, 2.05) is 38.1 Å². The van der Waals surface area contributed by atoms with E-state index in [-0.39, 0.29) is 18.0 Å². The molecular formula is C12H16N2O.